The van der Waals surface area contributed by atoms with Crippen molar-refractivity contribution in [3.63, 3.8) is 0 Å². The molecular weight excluding hydrogens is 203 g/mol. The minimum Gasteiger partial charge on any atom is -0.342 e. The van der Waals surface area contributed by atoms with E-state index >= 15 is 0 Å². The number of hydrogen-bond acceptors (Lipinski definition) is 3. The van der Waals surface area contributed by atoms with Crippen LogP contribution in [-0.2, 0) is 14.3 Å². The van der Waals surface area contributed by atoms with Gasteiger partial charge in [-0.1, -0.05) is 11.6 Å². The molecule has 0 aromatic rings. The average molecular weight is 209 g/mol. The maximum Gasteiger partial charge on any atom is 0.214 e. The van der Waals surface area contributed by atoms with E-state index in [1.807, 2.05) is 0 Å². The third-order valence-corrected chi connectivity index (χ3v) is 2.68. The van der Waals surface area contributed by atoms with Crippen LogP contribution in [0.4, 0.5) is 0 Å². The molecule has 66 valence electrons. The third-order valence-electron chi connectivity index (χ3n) is 1.89. The zero-order chi connectivity index (χ0) is 8.77. The number of carbonyl (C=O) groups is 1. The number of alkyl halides is 1. The Bertz CT molecular complexity index is 255. The summed E-state index contributed by atoms with van der Waals surface area (Å²) in [5, 5.41) is -0.746. The molecule has 0 radical (unpaired) electrons. The molecule has 3 nitrogen and oxygen atoms in total. The lowest BCUT2D eigenvalue weighted by Crippen LogP contribution is -2.38. The average Bonchev–Trinajstić information content (AvgIpc) is 2.57. The monoisotopic (exact) mass is 208 g/mol. The van der Waals surface area contributed by atoms with Crippen LogP contribution in [0.15, 0.2) is 11.1 Å². The molecule has 5 heteroatoms. The Kier molecular flexibility index (Phi) is 1.92. The van der Waals surface area contributed by atoms with Gasteiger partial charge in [0, 0.05) is 0 Å². The second-order valence-electron chi connectivity index (χ2n) is 2.64. The minimum atomic E-state index is -1.09. The molecule has 1 atom stereocenters. The van der Waals surface area contributed by atoms with Crippen LogP contribution in [0.25, 0.3) is 0 Å². The molecule has 1 spiro atoms. The van der Waals surface area contributed by atoms with Crippen LogP contribution in [0.2, 0.25) is 0 Å². The first-order valence-corrected chi connectivity index (χ1v) is 4.32. The quantitative estimate of drug-likeness (QED) is 0.559. The first-order valence-electron chi connectivity index (χ1n) is 3.50. The molecule has 1 aliphatic heterocycles. The second kappa shape index (κ2) is 2.70. The molecule has 12 heavy (non-hydrogen) atoms. The van der Waals surface area contributed by atoms with E-state index in [-0.39, 0.29) is 10.8 Å². The maximum absolute atomic E-state index is 11.2. The van der Waals surface area contributed by atoms with Crippen LogP contribution in [-0.4, -0.2) is 30.2 Å². The van der Waals surface area contributed by atoms with Crippen LogP contribution >= 0.6 is 23.2 Å². The lowest BCUT2D eigenvalue weighted by Gasteiger charge is -2.21. The molecule has 1 unspecified atom stereocenters. The normalized spacial score (nSPS) is 33.0. The first-order chi connectivity index (χ1) is 5.66. The molecule has 0 saturated carbocycles. The minimum absolute atomic E-state index is 0.0944. The van der Waals surface area contributed by atoms with Gasteiger partial charge in [-0.3, -0.25) is 4.79 Å². The van der Waals surface area contributed by atoms with E-state index in [0.717, 1.165) is 0 Å². The van der Waals surface area contributed by atoms with Crippen LogP contribution in [0, 0.1) is 0 Å². The number of halogens is 2. The maximum atomic E-state index is 11.2. The van der Waals surface area contributed by atoms with Gasteiger partial charge in [-0.25, -0.2) is 0 Å². The predicted molar refractivity (Wildman–Crippen MR) is 43.2 cm³/mol. The molecular formula is C7H6Cl2O3. The largest absolute Gasteiger partial charge is 0.342 e. The van der Waals surface area contributed by atoms with Crippen molar-refractivity contribution >= 4 is 29.0 Å². The SMILES string of the molecule is O=C1C(Cl)=CC2(OCCO2)C1Cl. The Hall–Kier alpha value is -0.0900. The van der Waals surface area contributed by atoms with Crippen molar-refractivity contribution in [3.8, 4) is 0 Å². The Labute approximate surface area is 79.2 Å². The van der Waals surface area contributed by atoms with E-state index in [1.165, 1.54) is 6.08 Å². The predicted octanol–water partition coefficient (Wildman–Crippen LogP) is 1.04. The zero-order valence-corrected chi connectivity index (χ0v) is 7.56. The fraction of sp³-hybridized carbons (Fsp3) is 0.571. The molecule has 1 fully saturated rings. The highest BCUT2D eigenvalue weighted by atomic mass is 35.5. The van der Waals surface area contributed by atoms with Gasteiger partial charge in [-0.15, -0.1) is 11.6 Å². The van der Waals surface area contributed by atoms with Crippen LogP contribution in [0.5, 0.6) is 0 Å². The van der Waals surface area contributed by atoms with Gasteiger partial charge in [0.1, 0.15) is 0 Å². The number of carbonyl (C=O) groups excluding carboxylic acids is 1. The fourth-order valence-corrected chi connectivity index (χ4v) is 1.92. The summed E-state index contributed by atoms with van der Waals surface area (Å²) in [7, 11) is 0. The first kappa shape index (κ1) is 8.51. The van der Waals surface area contributed by atoms with E-state index in [4.69, 9.17) is 32.7 Å². The fourth-order valence-electron chi connectivity index (χ4n) is 1.30. The van der Waals surface area contributed by atoms with E-state index < -0.39 is 11.2 Å². The molecule has 0 N–H and O–H groups in total. The van der Waals surface area contributed by atoms with E-state index in [2.05, 4.69) is 0 Å². The van der Waals surface area contributed by atoms with E-state index in [0.29, 0.717) is 13.2 Å². The van der Waals surface area contributed by atoms with Gasteiger partial charge in [0.25, 0.3) is 0 Å². The van der Waals surface area contributed by atoms with Crippen LogP contribution in [0.3, 0.4) is 0 Å². The van der Waals surface area contributed by atoms with Gasteiger partial charge in [-0.05, 0) is 6.08 Å². The van der Waals surface area contributed by atoms with Gasteiger partial charge in [-0.2, -0.15) is 0 Å². The smallest absolute Gasteiger partial charge is 0.214 e. The van der Waals surface area contributed by atoms with Gasteiger partial charge in [0.2, 0.25) is 5.79 Å². The summed E-state index contributed by atoms with van der Waals surface area (Å²) in [6.07, 6.45) is 1.43. The number of hydrogen-bond donors (Lipinski definition) is 0. The molecule has 0 aromatic carbocycles. The van der Waals surface area contributed by atoms with Crippen LogP contribution in [0.1, 0.15) is 0 Å². The molecule has 0 aromatic heterocycles. The Morgan fingerprint density at radius 1 is 1.50 bits per heavy atom. The zero-order valence-electron chi connectivity index (χ0n) is 6.05. The van der Waals surface area contributed by atoms with Crippen molar-refractivity contribution in [1.82, 2.24) is 0 Å². The molecule has 1 saturated heterocycles. The number of ether oxygens (including phenoxy) is 2. The third kappa shape index (κ3) is 1.01. The summed E-state index contributed by atoms with van der Waals surface area (Å²) in [5.41, 5.74) is 0. The van der Waals surface area contributed by atoms with Crippen molar-refractivity contribution in [3.05, 3.63) is 11.1 Å². The van der Waals surface area contributed by atoms with Crippen molar-refractivity contribution in [2.75, 3.05) is 13.2 Å². The number of allylic oxidation sites excluding steroid dienone is 1. The van der Waals surface area contributed by atoms with Gasteiger partial charge >= 0.3 is 0 Å². The molecule has 0 amide bonds. The standard InChI is InChI=1S/C7H6Cl2O3/c8-4-3-7(6(9)5(4)10)11-1-2-12-7/h3,6H,1-2H2. The number of Topliss-reactive ketones (excluding diaryl/α,β-unsaturated/α-hetero) is 1. The van der Waals surface area contributed by atoms with Gasteiger partial charge in [0.15, 0.2) is 11.2 Å². The number of ketones is 1. The summed E-state index contributed by atoms with van der Waals surface area (Å²) < 4.78 is 10.4. The lowest BCUT2D eigenvalue weighted by atomic mass is 10.2. The molecule has 2 rings (SSSR count). The highest BCUT2D eigenvalue weighted by molar-refractivity contribution is 6.50. The van der Waals surface area contributed by atoms with Crippen molar-refractivity contribution in [2.45, 2.75) is 11.2 Å². The summed E-state index contributed by atoms with van der Waals surface area (Å²) in [4.78, 5) is 11.2. The number of rotatable bonds is 0. The summed E-state index contributed by atoms with van der Waals surface area (Å²) >= 11 is 11.4. The Morgan fingerprint density at radius 2 is 2.08 bits per heavy atom. The molecule has 0 bridgehead atoms. The Balaban J connectivity index is 2.33. The molecule has 2 aliphatic rings. The highest BCUT2D eigenvalue weighted by Gasteiger charge is 2.51. The summed E-state index contributed by atoms with van der Waals surface area (Å²) in [6, 6.07) is 0. The van der Waals surface area contributed by atoms with Gasteiger partial charge < -0.3 is 9.47 Å². The van der Waals surface area contributed by atoms with Crippen LogP contribution < -0.4 is 0 Å². The highest BCUT2D eigenvalue weighted by Crippen LogP contribution is 2.38. The summed E-state index contributed by atoms with van der Waals surface area (Å²) in [6.45, 7) is 0.883. The van der Waals surface area contributed by atoms with E-state index in [9.17, 15) is 4.79 Å². The van der Waals surface area contributed by atoms with Crippen molar-refractivity contribution < 1.29 is 14.3 Å². The van der Waals surface area contributed by atoms with Gasteiger partial charge in [0.05, 0.1) is 18.2 Å². The molecule has 1 heterocycles. The topological polar surface area (TPSA) is 35.5 Å². The van der Waals surface area contributed by atoms with E-state index in [1.54, 1.807) is 0 Å². The molecule has 1 aliphatic carbocycles. The van der Waals surface area contributed by atoms with Crippen molar-refractivity contribution in [1.29, 1.82) is 0 Å². The second-order valence-corrected chi connectivity index (χ2v) is 3.48. The Morgan fingerprint density at radius 3 is 2.50 bits per heavy atom. The lowest BCUT2D eigenvalue weighted by molar-refractivity contribution is -0.133. The summed E-state index contributed by atoms with van der Waals surface area (Å²) in [5.74, 6) is -1.42. The van der Waals surface area contributed by atoms with Crippen molar-refractivity contribution in [2.24, 2.45) is 0 Å².